The molecule has 0 aliphatic heterocycles. The molecule has 1 amide bonds. The molecule has 1 rings (SSSR count). The van der Waals surface area contributed by atoms with Gasteiger partial charge in [-0.2, -0.15) is 0 Å². The lowest BCUT2D eigenvalue weighted by atomic mass is 10.1. The molecule has 0 aromatic heterocycles. The lowest BCUT2D eigenvalue weighted by Crippen LogP contribution is -2.37. The number of hydrogen-bond donors (Lipinski definition) is 2. The van der Waals surface area contributed by atoms with E-state index < -0.39 is 5.60 Å². The van der Waals surface area contributed by atoms with E-state index in [9.17, 15) is 9.90 Å². The van der Waals surface area contributed by atoms with Crippen molar-refractivity contribution in [3.8, 4) is 0 Å². The summed E-state index contributed by atoms with van der Waals surface area (Å²) in [5.74, 6) is -0.200. The first-order valence-electron chi connectivity index (χ1n) is 5.62. The van der Waals surface area contributed by atoms with E-state index in [4.69, 9.17) is 0 Å². The highest BCUT2D eigenvalue weighted by molar-refractivity contribution is 5.91. The normalized spacial score (nSPS) is 11.8. The SMILES string of the molecule is Cc1cccc(C=CC(=O)NCC(C)(C)O)c1. The summed E-state index contributed by atoms with van der Waals surface area (Å²) in [4.78, 5) is 11.4. The van der Waals surface area contributed by atoms with Gasteiger partial charge in [-0.25, -0.2) is 0 Å². The molecule has 17 heavy (non-hydrogen) atoms. The predicted molar refractivity (Wildman–Crippen MR) is 69.5 cm³/mol. The zero-order valence-corrected chi connectivity index (χ0v) is 10.5. The number of benzene rings is 1. The van der Waals surface area contributed by atoms with Crippen LogP contribution in [-0.2, 0) is 4.79 Å². The van der Waals surface area contributed by atoms with Crippen LogP contribution in [0.15, 0.2) is 30.3 Å². The lowest BCUT2D eigenvalue weighted by molar-refractivity contribution is -0.117. The minimum Gasteiger partial charge on any atom is -0.389 e. The van der Waals surface area contributed by atoms with Crippen LogP contribution in [0.4, 0.5) is 0 Å². The Morgan fingerprint density at radius 2 is 2.18 bits per heavy atom. The largest absolute Gasteiger partial charge is 0.389 e. The van der Waals surface area contributed by atoms with Crippen molar-refractivity contribution >= 4 is 12.0 Å². The van der Waals surface area contributed by atoms with Gasteiger partial charge in [0, 0.05) is 12.6 Å². The first-order valence-corrected chi connectivity index (χ1v) is 5.62. The van der Waals surface area contributed by atoms with Gasteiger partial charge in [-0.3, -0.25) is 4.79 Å². The van der Waals surface area contributed by atoms with E-state index in [2.05, 4.69) is 5.32 Å². The maximum atomic E-state index is 11.4. The summed E-state index contributed by atoms with van der Waals surface area (Å²) < 4.78 is 0. The van der Waals surface area contributed by atoms with Crippen molar-refractivity contribution in [3.63, 3.8) is 0 Å². The van der Waals surface area contributed by atoms with Crippen molar-refractivity contribution < 1.29 is 9.90 Å². The molecule has 3 nitrogen and oxygen atoms in total. The van der Waals surface area contributed by atoms with E-state index in [1.807, 2.05) is 31.2 Å². The molecule has 0 saturated heterocycles. The van der Waals surface area contributed by atoms with E-state index in [0.29, 0.717) is 0 Å². The smallest absolute Gasteiger partial charge is 0.244 e. The topological polar surface area (TPSA) is 49.3 Å². The minimum absolute atomic E-state index is 0.200. The van der Waals surface area contributed by atoms with Crippen LogP contribution in [0.1, 0.15) is 25.0 Å². The molecular weight excluding hydrogens is 214 g/mol. The first kappa shape index (κ1) is 13.5. The summed E-state index contributed by atoms with van der Waals surface area (Å²) in [7, 11) is 0. The van der Waals surface area contributed by atoms with Gasteiger partial charge in [0.1, 0.15) is 0 Å². The maximum absolute atomic E-state index is 11.4. The molecule has 0 saturated carbocycles. The van der Waals surface area contributed by atoms with E-state index in [-0.39, 0.29) is 12.5 Å². The Hall–Kier alpha value is -1.61. The summed E-state index contributed by atoms with van der Waals surface area (Å²) in [6.07, 6.45) is 3.23. The van der Waals surface area contributed by atoms with Gasteiger partial charge in [0.05, 0.1) is 5.60 Å². The number of carbonyl (C=O) groups excluding carboxylic acids is 1. The number of nitrogens with one attached hydrogen (secondary N) is 1. The molecule has 1 aromatic carbocycles. The van der Waals surface area contributed by atoms with Gasteiger partial charge in [0.2, 0.25) is 5.91 Å². The second kappa shape index (κ2) is 5.64. The fourth-order valence-electron chi connectivity index (χ4n) is 1.31. The van der Waals surface area contributed by atoms with Crippen molar-refractivity contribution in [3.05, 3.63) is 41.5 Å². The quantitative estimate of drug-likeness (QED) is 0.780. The molecular formula is C14H19NO2. The molecule has 2 N–H and O–H groups in total. The number of rotatable bonds is 4. The molecule has 0 aliphatic rings. The Balaban J connectivity index is 2.51. The molecule has 0 atom stereocenters. The zero-order valence-electron chi connectivity index (χ0n) is 10.5. The van der Waals surface area contributed by atoms with Crippen molar-refractivity contribution in [2.24, 2.45) is 0 Å². The summed E-state index contributed by atoms with van der Waals surface area (Å²) >= 11 is 0. The van der Waals surface area contributed by atoms with Crippen molar-refractivity contribution in [2.75, 3.05) is 6.54 Å². The molecule has 0 radical (unpaired) electrons. The van der Waals surface area contributed by atoms with Crippen molar-refractivity contribution in [2.45, 2.75) is 26.4 Å². The van der Waals surface area contributed by atoms with Gasteiger partial charge in [0.25, 0.3) is 0 Å². The number of hydrogen-bond acceptors (Lipinski definition) is 2. The number of carbonyl (C=O) groups is 1. The molecule has 0 aliphatic carbocycles. The highest BCUT2D eigenvalue weighted by Crippen LogP contribution is 2.05. The van der Waals surface area contributed by atoms with Crippen LogP contribution in [0.5, 0.6) is 0 Å². The Morgan fingerprint density at radius 3 is 2.76 bits per heavy atom. The molecule has 0 spiro atoms. The molecule has 0 bridgehead atoms. The Labute approximate surface area is 102 Å². The number of amides is 1. The van der Waals surface area contributed by atoms with Crippen LogP contribution in [0.2, 0.25) is 0 Å². The number of aryl methyl sites for hydroxylation is 1. The van der Waals surface area contributed by atoms with Crippen LogP contribution in [0.25, 0.3) is 6.08 Å². The third-order valence-corrected chi connectivity index (χ3v) is 2.16. The van der Waals surface area contributed by atoms with Gasteiger partial charge < -0.3 is 10.4 Å². The Morgan fingerprint density at radius 1 is 1.47 bits per heavy atom. The van der Waals surface area contributed by atoms with E-state index in [0.717, 1.165) is 11.1 Å². The highest BCUT2D eigenvalue weighted by atomic mass is 16.3. The van der Waals surface area contributed by atoms with Crippen LogP contribution >= 0.6 is 0 Å². The van der Waals surface area contributed by atoms with E-state index >= 15 is 0 Å². The molecule has 0 unspecified atom stereocenters. The first-order chi connectivity index (χ1) is 7.87. The third kappa shape index (κ3) is 5.88. The standard InChI is InChI=1S/C14H19NO2/c1-11-5-4-6-12(9-11)7-8-13(16)15-10-14(2,3)17/h4-9,17H,10H2,1-3H3,(H,15,16). The second-order valence-corrected chi connectivity index (χ2v) is 4.78. The van der Waals surface area contributed by atoms with Gasteiger partial charge in [-0.1, -0.05) is 29.8 Å². The third-order valence-electron chi connectivity index (χ3n) is 2.16. The Kier molecular flexibility index (Phi) is 4.46. The lowest BCUT2D eigenvalue weighted by Gasteiger charge is -2.16. The summed E-state index contributed by atoms with van der Waals surface area (Å²) in [6, 6.07) is 7.89. The summed E-state index contributed by atoms with van der Waals surface area (Å²) in [5.41, 5.74) is 1.26. The van der Waals surface area contributed by atoms with E-state index in [1.54, 1.807) is 19.9 Å². The monoisotopic (exact) mass is 233 g/mol. The van der Waals surface area contributed by atoms with Crippen LogP contribution in [-0.4, -0.2) is 23.2 Å². The molecule has 0 heterocycles. The average Bonchev–Trinajstić information content (AvgIpc) is 2.23. The average molecular weight is 233 g/mol. The van der Waals surface area contributed by atoms with Crippen LogP contribution in [0, 0.1) is 6.92 Å². The van der Waals surface area contributed by atoms with Crippen LogP contribution in [0.3, 0.4) is 0 Å². The van der Waals surface area contributed by atoms with Crippen molar-refractivity contribution in [1.82, 2.24) is 5.32 Å². The van der Waals surface area contributed by atoms with Crippen molar-refractivity contribution in [1.29, 1.82) is 0 Å². The predicted octanol–water partition coefficient (Wildman–Crippen LogP) is 1.90. The summed E-state index contributed by atoms with van der Waals surface area (Å²) in [6.45, 7) is 5.55. The summed E-state index contributed by atoms with van der Waals surface area (Å²) in [5, 5.41) is 12.1. The molecule has 92 valence electrons. The van der Waals surface area contributed by atoms with Gasteiger partial charge >= 0.3 is 0 Å². The zero-order chi connectivity index (χ0) is 12.9. The molecule has 3 heteroatoms. The molecule has 0 fully saturated rings. The highest BCUT2D eigenvalue weighted by Gasteiger charge is 2.12. The fraction of sp³-hybridized carbons (Fsp3) is 0.357. The van der Waals surface area contributed by atoms with Crippen LogP contribution < -0.4 is 5.32 Å². The fourth-order valence-corrected chi connectivity index (χ4v) is 1.31. The maximum Gasteiger partial charge on any atom is 0.244 e. The molecule has 1 aromatic rings. The second-order valence-electron chi connectivity index (χ2n) is 4.78. The van der Waals surface area contributed by atoms with Gasteiger partial charge in [-0.05, 0) is 32.4 Å². The number of aliphatic hydroxyl groups is 1. The van der Waals surface area contributed by atoms with E-state index in [1.165, 1.54) is 6.08 Å². The van der Waals surface area contributed by atoms with Gasteiger partial charge in [0.15, 0.2) is 0 Å². The minimum atomic E-state index is -0.882. The Bertz CT molecular complexity index is 416. The van der Waals surface area contributed by atoms with Gasteiger partial charge in [-0.15, -0.1) is 0 Å².